The molecule has 138 valence electrons. The number of thiocarbonyl (C=S) groups is 1. The summed E-state index contributed by atoms with van der Waals surface area (Å²) in [4.78, 5) is 2.88. The second-order valence-corrected chi connectivity index (χ2v) is 8.33. The minimum atomic E-state index is -3.86. The Labute approximate surface area is 159 Å². The first-order chi connectivity index (χ1) is 12.3. The summed E-state index contributed by atoms with van der Waals surface area (Å²) in [5.41, 5.74) is 1.81. The van der Waals surface area contributed by atoms with E-state index in [0.29, 0.717) is 17.8 Å². The summed E-state index contributed by atoms with van der Waals surface area (Å²) in [6.07, 6.45) is 1.16. The quantitative estimate of drug-likeness (QED) is 0.639. The third kappa shape index (κ3) is 4.41. The molecule has 0 amide bonds. The van der Waals surface area contributed by atoms with E-state index in [1.807, 2.05) is 6.92 Å². The van der Waals surface area contributed by atoms with Gasteiger partial charge in [-0.3, -0.25) is 0 Å². The number of hydrogen-bond donors (Lipinski definition) is 1. The average molecular weight is 392 g/mol. The van der Waals surface area contributed by atoms with Crippen LogP contribution in [0.4, 0.5) is 0 Å². The second kappa shape index (κ2) is 7.73. The zero-order valence-electron chi connectivity index (χ0n) is 14.5. The molecular formula is C19H21NO4S2. The van der Waals surface area contributed by atoms with E-state index >= 15 is 0 Å². The lowest BCUT2D eigenvalue weighted by Gasteiger charge is -2.31. The number of hydrogen-bond acceptors (Lipinski definition) is 5. The number of rotatable bonds is 4. The van der Waals surface area contributed by atoms with Gasteiger partial charge in [0, 0.05) is 18.7 Å². The van der Waals surface area contributed by atoms with Gasteiger partial charge < -0.3 is 14.2 Å². The zero-order valence-corrected chi connectivity index (χ0v) is 16.1. The van der Waals surface area contributed by atoms with Crippen molar-refractivity contribution in [1.29, 1.82) is 0 Å². The molecule has 0 spiro atoms. The van der Waals surface area contributed by atoms with Crippen LogP contribution < -0.4 is 4.18 Å². The van der Waals surface area contributed by atoms with E-state index in [1.54, 1.807) is 36.4 Å². The molecule has 1 N–H and O–H groups in total. The number of likely N-dealkylation sites (tertiary alicyclic amines) is 1. The van der Waals surface area contributed by atoms with Crippen molar-refractivity contribution in [2.24, 2.45) is 0 Å². The average Bonchev–Trinajstić information content (AvgIpc) is 2.62. The van der Waals surface area contributed by atoms with E-state index in [1.165, 1.54) is 12.1 Å². The fourth-order valence-electron chi connectivity index (χ4n) is 2.78. The van der Waals surface area contributed by atoms with Gasteiger partial charge in [-0.15, -0.1) is 0 Å². The Hall–Kier alpha value is -1.96. The Bertz CT molecular complexity index is 869. The van der Waals surface area contributed by atoms with E-state index in [2.05, 4.69) is 4.90 Å². The molecule has 2 aromatic carbocycles. The van der Waals surface area contributed by atoms with Crippen LogP contribution in [0.25, 0.3) is 0 Å². The summed E-state index contributed by atoms with van der Waals surface area (Å²) in [5, 5.41) is 9.59. The predicted molar refractivity (Wildman–Crippen MR) is 104 cm³/mol. The van der Waals surface area contributed by atoms with E-state index in [-0.39, 0.29) is 16.7 Å². The normalized spacial score (nSPS) is 15.7. The van der Waals surface area contributed by atoms with E-state index in [4.69, 9.17) is 16.4 Å². The number of aryl methyl sites for hydroxylation is 1. The molecule has 0 unspecified atom stereocenters. The smallest absolute Gasteiger partial charge is 0.339 e. The SMILES string of the molecule is Cc1ccc(S(=O)(=O)Oc2ccc(C(=S)N3CCC(O)CC3)cc2)cc1. The maximum atomic E-state index is 12.3. The maximum absolute atomic E-state index is 12.3. The van der Waals surface area contributed by atoms with Crippen LogP contribution in [-0.2, 0) is 10.1 Å². The molecular weight excluding hydrogens is 370 g/mol. The summed E-state index contributed by atoms with van der Waals surface area (Å²) in [6, 6.07) is 13.2. The van der Waals surface area contributed by atoms with Gasteiger partial charge in [-0.05, 0) is 56.2 Å². The number of aliphatic hydroxyl groups is 1. The largest absolute Gasteiger partial charge is 0.393 e. The lowest BCUT2D eigenvalue weighted by atomic mass is 10.1. The monoisotopic (exact) mass is 391 g/mol. The molecule has 1 saturated heterocycles. The van der Waals surface area contributed by atoms with Crippen molar-refractivity contribution >= 4 is 27.3 Å². The van der Waals surface area contributed by atoms with Crippen molar-refractivity contribution < 1.29 is 17.7 Å². The minimum Gasteiger partial charge on any atom is -0.393 e. The van der Waals surface area contributed by atoms with Gasteiger partial charge in [-0.25, -0.2) is 0 Å². The Kier molecular flexibility index (Phi) is 5.60. The summed E-state index contributed by atoms with van der Waals surface area (Å²) < 4.78 is 29.9. The molecule has 0 bridgehead atoms. The number of piperidine rings is 1. The van der Waals surface area contributed by atoms with Crippen LogP contribution in [0, 0.1) is 6.92 Å². The van der Waals surface area contributed by atoms with Gasteiger partial charge in [0.1, 0.15) is 15.6 Å². The first-order valence-electron chi connectivity index (χ1n) is 8.44. The summed E-state index contributed by atoms with van der Waals surface area (Å²) in [7, 11) is -3.86. The Morgan fingerprint density at radius 1 is 1.08 bits per heavy atom. The molecule has 0 aromatic heterocycles. The van der Waals surface area contributed by atoms with E-state index in [0.717, 1.165) is 24.2 Å². The van der Waals surface area contributed by atoms with Crippen LogP contribution in [0.5, 0.6) is 5.75 Å². The highest BCUT2D eigenvalue weighted by Gasteiger charge is 2.20. The van der Waals surface area contributed by atoms with Gasteiger partial charge in [0.25, 0.3) is 0 Å². The van der Waals surface area contributed by atoms with Crippen LogP contribution in [0.15, 0.2) is 53.4 Å². The van der Waals surface area contributed by atoms with Gasteiger partial charge in [-0.2, -0.15) is 8.42 Å². The molecule has 1 aliphatic heterocycles. The van der Waals surface area contributed by atoms with E-state index in [9.17, 15) is 13.5 Å². The highest BCUT2D eigenvalue weighted by molar-refractivity contribution is 7.87. The lowest BCUT2D eigenvalue weighted by Crippen LogP contribution is -2.39. The molecule has 1 fully saturated rings. The van der Waals surface area contributed by atoms with Crippen LogP contribution >= 0.6 is 12.2 Å². The van der Waals surface area contributed by atoms with Crippen LogP contribution in [0.1, 0.15) is 24.0 Å². The summed E-state index contributed by atoms with van der Waals surface area (Å²) in [5.74, 6) is 0.242. The number of benzene rings is 2. The zero-order chi connectivity index (χ0) is 18.7. The van der Waals surface area contributed by atoms with Gasteiger partial charge >= 0.3 is 10.1 Å². The molecule has 0 saturated carbocycles. The van der Waals surface area contributed by atoms with Crippen LogP contribution in [0.2, 0.25) is 0 Å². The van der Waals surface area contributed by atoms with Crippen LogP contribution in [-0.4, -0.2) is 42.6 Å². The molecule has 2 aromatic rings. The maximum Gasteiger partial charge on any atom is 0.339 e. The molecule has 0 radical (unpaired) electrons. The molecule has 7 heteroatoms. The molecule has 26 heavy (non-hydrogen) atoms. The highest BCUT2D eigenvalue weighted by Crippen LogP contribution is 2.21. The van der Waals surface area contributed by atoms with Crippen LogP contribution in [0.3, 0.4) is 0 Å². The number of aliphatic hydroxyl groups excluding tert-OH is 1. The van der Waals surface area contributed by atoms with Crippen molar-refractivity contribution in [2.45, 2.75) is 30.8 Å². The van der Waals surface area contributed by atoms with Gasteiger partial charge in [0.2, 0.25) is 0 Å². The standard InChI is InChI=1S/C19H21NO4S2/c1-14-2-8-18(9-3-14)26(22,23)24-17-6-4-15(5-7-17)19(25)20-12-10-16(21)11-13-20/h2-9,16,21H,10-13H2,1H3. The van der Waals surface area contributed by atoms with Gasteiger partial charge in [0.15, 0.2) is 0 Å². The molecule has 0 atom stereocenters. The third-order valence-electron chi connectivity index (χ3n) is 4.37. The van der Waals surface area contributed by atoms with E-state index < -0.39 is 10.1 Å². The highest BCUT2D eigenvalue weighted by atomic mass is 32.2. The van der Waals surface area contributed by atoms with Crippen molar-refractivity contribution in [3.05, 3.63) is 59.7 Å². The third-order valence-corrected chi connectivity index (χ3v) is 6.12. The molecule has 1 aliphatic rings. The molecule has 5 nitrogen and oxygen atoms in total. The molecule has 3 rings (SSSR count). The summed E-state index contributed by atoms with van der Waals surface area (Å²) >= 11 is 5.51. The second-order valence-electron chi connectivity index (χ2n) is 6.40. The first kappa shape index (κ1) is 18.8. The predicted octanol–water partition coefficient (Wildman–Crippen LogP) is 2.89. The van der Waals surface area contributed by atoms with Crippen molar-refractivity contribution in [1.82, 2.24) is 4.90 Å². The van der Waals surface area contributed by atoms with Crippen molar-refractivity contribution in [2.75, 3.05) is 13.1 Å². The number of nitrogens with zero attached hydrogens (tertiary/aromatic N) is 1. The Morgan fingerprint density at radius 3 is 2.23 bits per heavy atom. The summed E-state index contributed by atoms with van der Waals surface area (Å²) in [6.45, 7) is 3.34. The Balaban J connectivity index is 1.69. The molecule has 0 aliphatic carbocycles. The van der Waals surface area contributed by atoms with Gasteiger partial charge in [0.05, 0.1) is 6.10 Å². The lowest BCUT2D eigenvalue weighted by molar-refractivity contribution is 0.110. The van der Waals surface area contributed by atoms with Crippen molar-refractivity contribution in [3.63, 3.8) is 0 Å². The topological polar surface area (TPSA) is 66.8 Å². The minimum absolute atomic E-state index is 0.120. The van der Waals surface area contributed by atoms with Gasteiger partial charge in [-0.1, -0.05) is 29.9 Å². The fraction of sp³-hybridized carbons (Fsp3) is 0.316. The molecule has 1 heterocycles. The first-order valence-corrected chi connectivity index (χ1v) is 10.3. The fourth-order valence-corrected chi connectivity index (χ4v) is 4.03. The Morgan fingerprint density at radius 2 is 1.65 bits per heavy atom. The van der Waals surface area contributed by atoms with Crippen molar-refractivity contribution in [3.8, 4) is 5.75 Å².